The summed E-state index contributed by atoms with van der Waals surface area (Å²) in [6.45, 7) is 0. The van der Waals surface area contributed by atoms with Crippen LogP contribution in [0.3, 0.4) is 0 Å². The van der Waals surface area contributed by atoms with Crippen LogP contribution in [-0.2, 0) is 0 Å². The van der Waals surface area contributed by atoms with Crippen molar-refractivity contribution in [3.63, 3.8) is 0 Å². The summed E-state index contributed by atoms with van der Waals surface area (Å²) in [6, 6.07) is 138. The first-order valence-corrected chi connectivity index (χ1v) is 44.2. The van der Waals surface area contributed by atoms with E-state index >= 15 is 0 Å². The molecule has 0 atom stereocenters. The zero-order valence-electron chi connectivity index (χ0n) is 65.6. The van der Waals surface area contributed by atoms with Gasteiger partial charge in [-0.25, -0.2) is 15.0 Å². The Morgan fingerprint density at radius 2 is 0.472 bits per heavy atom. The Bertz CT molecular complexity index is 9700. The van der Waals surface area contributed by atoms with E-state index in [4.69, 9.17) is 15.0 Å². The quantitative estimate of drug-likeness (QED) is 0.166. The number of imidazole rings is 3. The molecule has 30 rings (SSSR count). The van der Waals surface area contributed by atoms with Gasteiger partial charge in [-0.2, -0.15) is 0 Å². The minimum atomic E-state index is 1.02. The average molecular weight is 1620 g/mol. The highest BCUT2D eigenvalue weighted by Gasteiger charge is 2.27. The van der Waals surface area contributed by atoms with Crippen LogP contribution < -0.4 is 0 Å². The summed E-state index contributed by atoms with van der Waals surface area (Å²) in [5, 5.41) is 26.5. The third kappa shape index (κ3) is 9.40. The fourth-order valence-corrected chi connectivity index (χ4v) is 24.6. The largest absolute Gasteiger partial charge is 0.309 e. The Labute approximate surface area is 710 Å². The van der Waals surface area contributed by atoms with Gasteiger partial charge in [0.1, 0.15) is 16.9 Å². The summed E-state index contributed by atoms with van der Waals surface area (Å²) >= 11 is 5.62. The average Bonchev–Trinajstić information content (AvgIpc) is 1.55. The van der Waals surface area contributed by atoms with Crippen molar-refractivity contribution < 1.29 is 0 Å². The minimum Gasteiger partial charge on any atom is -0.309 e. The van der Waals surface area contributed by atoms with E-state index in [-0.39, 0.29) is 0 Å². The van der Waals surface area contributed by atoms with Crippen molar-refractivity contribution in [3.05, 3.63) is 382 Å². The number of nitrogens with zero attached hydrogens (tertiary/aromatic N) is 9. The maximum atomic E-state index is 5.33. The minimum absolute atomic E-state index is 1.02. The molecule has 0 aliphatic heterocycles. The summed E-state index contributed by atoms with van der Waals surface area (Å²) < 4.78 is 22.3. The molecule has 9 nitrogen and oxygen atoms in total. The topological polar surface area (TPSA) is 66.7 Å². The zero-order valence-corrected chi connectivity index (χ0v) is 68.1. The number of para-hydroxylation sites is 12. The van der Waals surface area contributed by atoms with Gasteiger partial charge in [-0.15, -0.1) is 34.0 Å². The SMILES string of the molecule is c1ccc(-n2c3ccccc3c3c2ccc2c4ccc5c6ccccc6sc5c4c4nc5ccccc5n4c23)cc1.c1ccc(-n2c3ccccc3c3cc4c(cc32)c2ccc3c5ccccc5sc3c2c2nc3ccccc3n42)cc1.c1ccc(-n2c3ccccc3c3cc4c5ccc6c7ccccc7sc6c5c5nc6ccccc6n5c4cc32)cc1. The highest BCUT2D eigenvalue weighted by Crippen LogP contribution is 2.51. The first-order chi connectivity index (χ1) is 61.1. The molecule has 18 aromatic carbocycles. The van der Waals surface area contributed by atoms with Crippen LogP contribution in [0.1, 0.15) is 0 Å². The van der Waals surface area contributed by atoms with Gasteiger partial charge in [0.2, 0.25) is 0 Å². The number of aromatic nitrogens is 9. The molecule has 0 saturated carbocycles. The number of rotatable bonds is 3. The Morgan fingerprint density at radius 3 is 0.935 bits per heavy atom. The van der Waals surface area contributed by atoms with E-state index in [1.165, 1.54) is 197 Å². The fraction of sp³-hybridized carbons (Fsp3) is 0. The van der Waals surface area contributed by atoms with Gasteiger partial charge in [-0.1, -0.05) is 243 Å². The van der Waals surface area contributed by atoms with Crippen LogP contribution in [0.4, 0.5) is 0 Å². The molecular formula is C111H63N9S3. The lowest BCUT2D eigenvalue weighted by Crippen LogP contribution is -1.95. The predicted octanol–water partition coefficient (Wildman–Crippen LogP) is 30.8. The zero-order chi connectivity index (χ0) is 80.0. The third-order valence-electron chi connectivity index (χ3n) is 26.0. The molecule has 0 spiro atoms. The molecule has 0 N–H and O–H groups in total. The molecule has 30 aromatic rings. The lowest BCUT2D eigenvalue weighted by Gasteiger charge is -2.12. The lowest BCUT2D eigenvalue weighted by molar-refractivity contribution is 1.18. The van der Waals surface area contributed by atoms with E-state index in [0.29, 0.717) is 0 Å². The van der Waals surface area contributed by atoms with Gasteiger partial charge in [0, 0.05) is 142 Å². The van der Waals surface area contributed by atoms with E-state index in [1.54, 1.807) is 0 Å². The summed E-state index contributed by atoms with van der Waals surface area (Å²) in [4.78, 5) is 15.9. The Balaban J connectivity index is 0.0000000946. The molecule has 12 heteroatoms. The lowest BCUT2D eigenvalue weighted by atomic mass is 10.0. The van der Waals surface area contributed by atoms with E-state index in [1.807, 2.05) is 34.0 Å². The van der Waals surface area contributed by atoms with Gasteiger partial charge in [-0.3, -0.25) is 13.2 Å². The molecule has 123 heavy (non-hydrogen) atoms. The second kappa shape index (κ2) is 25.5. The molecule has 0 amide bonds. The van der Waals surface area contributed by atoms with Gasteiger partial charge < -0.3 is 13.7 Å². The van der Waals surface area contributed by atoms with Crippen molar-refractivity contribution >= 4 is 275 Å². The standard InChI is InChI=1S/3C37H21N3S/c1-2-10-22(11-3-1)39-29-15-7-4-13-27(29)33-31(39)21-20-25-24-18-19-26-23-12-5-9-17-32(23)41-36(26)34(24)37-38-28-14-6-8-16-30(28)40(37)35(25)33;1-2-10-22(11-3-1)39-30-15-7-4-12-23(30)27-20-33-28(21-32(27)39)25-18-19-26-24-13-5-9-17-34(24)41-36(26)35(25)37-38-29-14-6-8-16-31(29)40(33)37;1-2-10-22(11-3-1)39-30-15-7-4-12-23(30)27-20-28-25-18-19-26-24-13-5-9-17-34(24)41-36(26)35(25)37-38-29-14-6-8-16-31(29)40(37)33(28)21-32(27)39/h3*1-21H. The summed E-state index contributed by atoms with van der Waals surface area (Å²) in [5.74, 6) is 0. The molecule has 0 aliphatic rings. The molecule has 0 bridgehead atoms. The van der Waals surface area contributed by atoms with Crippen molar-refractivity contribution in [2.24, 2.45) is 0 Å². The smallest absolute Gasteiger partial charge is 0.147 e. The van der Waals surface area contributed by atoms with Crippen LogP contribution in [0.2, 0.25) is 0 Å². The van der Waals surface area contributed by atoms with Crippen molar-refractivity contribution in [3.8, 4) is 17.1 Å². The van der Waals surface area contributed by atoms with E-state index < -0.39 is 0 Å². The maximum absolute atomic E-state index is 5.33. The highest BCUT2D eigenvalue weighted by atomic mass is 32.1. The Morgan fingerprint density at radius 1 is 0.171 bits per heavy atom. The van der Waals surface area contributed by atoms with Gasteiger partial charge in [-0.05, 0) is 156 Å². The Kier molecular flexibility index (Phi) is 14.0. The second-order valence-electron chi connectivity index (χ2n) is 32.4. The van der Waals surface area contributed by atoms with Gasteiger partial charge in [0.05, 0.1) is 82.8 Å². The van der Waals surface area contributed by atoms with Crippen molar-refractivity contribution in [2.45, 2.75) is 0 Å². The predicted molar refractivity (Wildman–Crippen MR) is 525 cm³/mol. The molecule has 12 aromatic heterocycles. The van der Waals surface area contributed by atoms with Gasteiger partial charge in [0.15, 0.2) is 0 Å². The van der Waals surface area contributed by atoms with E-state index in [0.717, 1.165) is 61.4 Å². The second-order valence-corrected chi connectivity index (χ2v) is 35.5. The van der Waals surface area contributed by atoms with Crippen molar-refractivity contribution in [1.82, 2.24) is 41.9 Å². The number of pyridine rings is 3. The number of fused-ring (bicyclic) bond motifs is 46. The first-order valence-electron chi connectivity index (χ1n) is 41.7. The van der Waals surface area contributed by atoms with Crippen molar-refractivity contribution in [1.29, 1.82) is 0 Å². The van der Waals surface area contributed by atoms with Gasteiger partial charge >= 0.3 is 0 Å². The van der Waals surface area contributed by atoms with Crippen LogP contribution in [0.25, 0.3) is 258 Å². The monoisotopic (exact) mass is 1620 g/mol. The van der Waals surface area contributed by atoms with Crippen LogP contribution in [0.5, 0.6) is 0 Å². The third-order valence-corrected chi connectivity index (χ3v) is 29.6. The molecule has 0 saturated heterocycles. The fourth-order valence-electron chi connectivity index (χ4n) is 20.9. The number of thiophene rings is 3. The summed E-state index contributed by atoms with van der Waals surface area (Å²) in [7, 11) is 0. The van der Waals surface area contributed by atoms with Crippen LogP contribution in [0.15, 0.2) is 382 Å². The summed E-state index contributed by atoms with van der Waals surface area (Å²) in [6.07, 6.45) is 0. The molecule has 0 fully saturated rings. The summed E-state index contributed by atoms with van der Waals surface area (Å²) in [5.41, 5.74) is 23.9. The maximum Gasteiger partial charge on any atom is 0.147 e. The van der Waals surface area contributed by atoms with E-state index in [9.17, 15) is 0 Å². The molecule has 570 valence electrons. The Hall–Kier alpha value is -15.6. The number of hydrogen-bond acceptors (Lipinski definition) is 6. The molecule has 0 radical (unpaired) electrons. The van der Waals surface area contributed by atoms with E-state index in [2.05, 4.69) is 409 Å². The number of benzene rings is 18. The molecule has 0 aliphatic carbocycles. The van der Waals surface area contributed by atoms with Crippen LogP contribution in [-0.4, -0.2) is 41.9 Å². The van der Waals surface area contributed by atoms with Crippen LogP contribution >= 0.6 is 34.0 Å². The highest BCUT2D eigenvalue weighted by molar-refractivity contribution is 7.27. The normalized spacial score (nSPS) is 12.4. The van der Waals surface area contributed by atoms with Crippen LogP contribution in [0, 0.1) is 0 Å². The van der Waals surface area contributed by atoms with Crippen molar-refractivity contribution in [2.75, 3.05) is 0 Å². The molecule has 12 heterocycles. The molecular weight excluding hydrogens is 1560 g/mol. The first kappa shape index (κ1) is 67.3. The molecule has 0 unspecified atom stereocenters. The number of hydrogen-bond donors (Lipinski definition) is 0. The van der Waals surface area contributed by atoms with Gasteiger partial charge in [0.25, 0.3) is 0 Å².